The number of rotatable bonds is 3. The van der Waals surface area contributed by atoms with E-state index in [1.54, 1.807) is 0 Å². The molecule has 0 bridgehead atoms. The van der Waals surface area contributed by atoms with Crippen LogP contribution in [0.5, 0.6) is 0 Å². The molecule has 1 aliphatic rings. The van der Waals surface area contributed by atoms with Gasteiger partial charge in [-0.05, 0) is 18.8 Å². The van der Waals surface area contributed by atoms with E-state index in [-0.39, 0.29) is 5.91 Å². The Hall–Kier alpha value is -0.940. The highest BCUT2D eigenvalue weighted by molar-refractivity contribution is 7.15. The first-order valence-corrected chi connectivity index (χ1v) is 6.89. The van der Waals surface area contributed by atoms with Crippen molar-refractivity contribution in [3.63, 3.8) is 0 Å². The Morgan fingerprint density at radius 3 is 2.71 bits per heavy atom. The van der Waals surface area contributed by atoms with Crippen LogP contribution in [0.1, 0.15) is 50.3 Å². The van der Waals surface area contributed by atoms with E-state index < -0.39 is 5.54 Å². The lowest BCUT2D eigenvalue weighted by atomic mass is 9.98. The highest BCUT2D eigenvalue weighted by Crippen LogP contribution is 2.30. The van der Waals surface area contributed by atoms with E-state index in [0.717, 1.165) is 25.7 Å². The largest absolute Gasteiger partial charge is 0.317 e. The van der Waals surface area contributed by atoms with Crippen LogP contribution in [-0.4, -0.2) is 16.4 Å². The Kier molecular flexibility index (Phi) is 3.49. The van der Waals surface area contributed by atoms with Gasteiger partial charge in [0.25, 0.3) is 0 Å². The summed E-state index contributed by atoms with van der Waals surface area (Å²) >= 11 is 1.53. The van der Waals surface area contributed by atoms with Gasteiger partial charge in [-0.15, -0.1) is 11.3 Å². The monoisotopic (exact) mass is 253 g/mol. The van der Waals surface area contributed by atoms with E-state index in [2.05, 4.69) is 24.1 Å². The molecule has 1 amide bonds. The second-order valence-electron chi connectivity index (χ2n) is 5.04. The Balaban J connectivity index is 2.02. The number of thiazole rings is 1. The third kappa shape index (κ3) is 2.66. The van der Waals surface area contributed by atoms with Gasteiger partial charge in [-0.1, -0.05) is 26.7 Å². The standard InChI is InChI=1S/C12H19N3OS/c1-8(2)9-7-14-11(17-9)15-10(16)12(13)5-3-4-6-12/h7-8H,3-6,13H2,1-2H3,(H,14,15,16). The van der Waals surface area contributed by atoms with E-state index >= 15 is 0 Å². The molecule has 2 rings (SSSR count). The lowest BCUT2D eigenvalue weighted by Gasteiger charge is -2.21. The summed E-state index contributed by atoms with van der Waals surface area (Å²) in [5.41, 5.74) is 5.40. The Morgan fingerprint density at radius 2 is 2.18 bits per heavy atom. The third-order valence-corrected chi connectivity index (χ3v) is 4.47. The SMILES string of the molecule is CC(C)c1cnc(NC(=O)C2(N)CCCC2)s1. The molecule has 5 heteroatoms. The maximum Gasteiger partial charge on any atom is 0.246 e. The maximum absolute atomic E-state index is 12.0. The molecule has 0 unspecified atom stereocenters. The lowest BCUT2D eigenvalue weighted by molar-refractivity contribution is -0.121. The molecule has 1 fully saturated rings. The number of hydrogen-bond donors (Lipinski definition) is 2. The summed E-state index contributed by atoms with van der Waals surface area (Å²) in [6, 6.07) is 0. The number of carbonyl (C=O) groups is 1. The van der Waals surface area contributed by atoms with Gasteiger partial charge >= 0.3 is 0 Å². The van der Waals surface area contributed by atoms with Gasteiger partial charge in [-0.2, -0.15) is 0 Å². The maximum atomic E-state index is 12.0. The molecule has 0 aliphatic heterocycles. The van der Waals surface area contributed by atoms with Gasteiger partial charge in [0.15, 0.2) is 5.13 Å². The highest BCUT2D eigenvalue weighted by atomic mass is 32.1. The summed E-state index contributed by atoms with van der Waals surface area (Å²) in [6.07, 6.45) is 5.46. The van der Waals surface area contributed by atoms with Crippen LogP contribution in [0, 0.1) is 0 Å². The van der Waals surface area contributed by atoms with Crippen LogP contribution >= 0.6 is 11.3 Å². The van der Waals surface area contributed by atoms with Gasteiger partial charge in [0.05, 0.1) is 5.54 Å². The summed E-state index contributed by atoms with van der Waals surface area (Å²) in [6.45, 7) is 4.22. The summed E-state index contributed by atoms with van der Waals surface area (Å²) < 4.78 is 0. The van der Waals surface area contributed by atoms with Gasteiger partial charge in [0.2, 0.25) is 5.91 Å². The summed E-state index contributed by atoms with van der Waals surface area (Å²) in [5, 5.41) is 3.51. The van der Waals surface area contributed by atoms with E-state index in [4.69, 9.17) is 5.73 Å². The Labute approximate surface area is 106 Å². The van der Waals surface area contributed by atoms with Gasteiger partial charge in [-0.25, -0.2) is 4.98 Å². The third-order valence-electron chi connectivity index (χ3n) is 3.26. The molecule has 0 saturated heterocycles. The van der Waals surface area contributed by atoms with Crippen LogP contribution in [0.2, 0.25) is 0 Å². The minimum Gasteiger partial charge on any atom is -0.317 e. The zero-order chi connectivity index (χ0) is 12.5. The van der Waals surface area contributed by atoms with Crippen LogP contribution in [0.15, 0.2) is 6.20 Å². The summed E-state index contributed by atoms with van der Waals surface area (Å²) in [7, 11) is 0. The number of hydrogen-bond acceptors (Lipinski definition) is 4. The molecule has 1 aliphatic carbocycles. The van der Waals surface area contributed by atoms with Gasteiger partial charge in [0.1, 0.15) is 0 Å². The number of nitrogens with zero attached hydrogens (tertiary/aromatic N) is 1. The van der Waals surface area contributed by atoms with Crippen molar-refractivity contribution >= 4 is 22.4 Å². The first-order valence-electron chi connectivity index (χ1n) is 6.07. The zero-order valence-corrected chi connectivity index (χ0v) is 11.1. The minimum absolute atomic E-state index is 0.0837. The van der Waals surface area contributed by atoms with Crippen LogP contribution in [0.3, 0.4) is 0 Å². The first-order chi connectivity index (χ1) is 8.01. The van der Waals surface area contributed by atoms with E-state index in [1.165, 1.54) is 16.2 Å². The quantitative estimate of drug-likeness (QED) is 0.869. The Bertz CT molecular complexity index is 408. The van der Waals surface area contributed by atoms with E-state index in [1.807, 2.05) is 6.20 Å². The smallest absolute Gasteiger partial charge is 0.246 e. The van der Waals surface area contributed by atoms with Crippen LogP contribution < -0.4 is 11.1 Å². The van der Waals surface area contributed by atoms with E-state index in [0.29, 0.717) is 11.0 Å². The van der Waals surface area contributed by atoms with Crippen molar-refractivity contribution < 1.29 is 4.79 Å². The molecular weight excluding hydrogens is 234 g/mol. The second-order valence-corrected chi connectivity index (χ2v) is 6.10. The lowest BCUT2D eigenvalue weighted by Crippen LogP contribution is -2.48. The summed E-state index contributed by atoms with van der Waals surface area (Å²) in [5.74, 6) is 0.358. The van der Waals surface area contributed by atoms with Crippen LogP contribution in [0.4, 0.5) is 5.13 Å². The number of aromatic nitrogens is 1. The highest BCUT2D eigenvalue weighted by Gasteiger charge is 2.37. The summed E-state index contributed by atoms with van der Waals surface area (Å²) in [4.78, 5) is 17.4. The average Bonchev–Trinajstić information content (AvgIpc) is 2.88. The molecule has 1 saturated carbocycles. The first kappa shape index (κ1) is 12.5. The minimum atomic E-state index is -0.677. The topological polar surface area (TPSA) is 68.0 Å². The van der Waals surface area contributed by atoms with E-state index in [9.17, 15) is 4.79 Å². The molecule has 0 aromatic carbocycles. The van der Waals surface area contributed by atoms with Crippen LogP contribution in [-0.2, 0) is 4.79 Å². The van der Waals surface area contributed by atoms with Crippen LogP contribution in [0.25, 0.3) is 0 Å². The second kappa shape index (κ2) is 4.74. The molecule has 17 heavy (non-hydrogen) atoms. The van der Waals surface area contributed by atoms with Crippen molar-refractivity contribution in [1.29, 1.82) is 0 Å². The van der Waals surface area contributed by atoms with Gasteiger partial charge in [0, 0.05) is 11.1 Å². The predicted octanol–water partition coefficient (Wildman–Crippen LogP) is 2.48. The van der Waals surface area contributed by atoms with Crippen molar-refractivity contribution in [3.8, 4) is 0 Å². The zero-order valence-electron chi connectivity index (χ0n) is 10.3. The average molecular weight is 253 g/mol. The molecule has 3 N–H and O–H groups in total. The molecular formula is C12H19N3OS. The molecule has 1 aromatic rings. The molecule has 0 spiro atoms. The fourth-order valence-electron chi connectivity index (χ4n) is 2.07. The molecule has 0 atom stereocenters. The molecule has 0 radical (unpaired) electrons. The predicted molar refractivity (Wildman–Crippen MR) is 70.2 cm³/mol. The van der Waals surface area contributed by atoms with Crippen molar-refractivity contribution in [2.75, 3.05) is 5.32 Å². The number of carbonyl (C=O) groups excluding carboxylic acids is 1. The fourth-order valence-corrected chi connectivity index (χ4v) is 2.88. The normalized spacial score (nSPS) is 18.6. The van der Waals surface area contributed by atoms with Crippen molar-refractivity contribution in [1.82, 2.24) is 4.98 Å². The molecule has 4 nitrogen and oxygen atoms in total. The molecule has 1 heterocycles. The van der Waals surface area contributed by atoms with Gasteiger partial charge in [-0.3, -0.25) is 4.79 Å². The van der Waals surface area contributed by atoms with Crippen molar-refractivity contribution in [2.24, 2.45) is 5.73 Å². The number of nitrogens with one attached hydrogen (secondary N) is 1. The number of amides is 1. The number of anilines is 1. The Morgan fingerprint density at radius 1 is 1.53 bits per heavy atom. The molecule has 1 aromatic heterocycles. The van der Waals surface area contributed by atoms with Gasteiger partial charge < -0.3 is 11.1 Å². The number of nitrogens with two attached hydrogens (primary N) is 1. The molecule has 94 valence electrons. The fraction of sp³-hybridized carbons (Fsp3) is 0.667. The van der Waals surface area contributed by atoms with Crippen molar-refractivity contribution in [2.45, 2.75) is 51.0 Å². The van der Waals surface area contributed by atoms with Crippen molar-refractivity contribution in [3.05, 3.63) is 11.1 Å².